The summed E-state index contributed by atoms with van der Waals surface area (Å²) in [4.78, 5) is 29.6. The second-order valence-electron chi connectivity index (χ2n) is 6.09. The maximum Gasteiger partial charge on any atom is 0.281 e. The van der Waals surface area contributed by atoms with Gasteiger partial charge in [-0.15, -0.1) is 0 Å². The van der Waals surface area contributed by atoms with E-state index in [0.29, 0.717) is 10.8 Å². The molecule has 0 saturated carbocycles. The molecule has 28 heavy (non-hydrogen) atoms. The highest BCUT2D eigenvalue weighted by Crippen LogP contribution is 2.26. The van der Waals surface area contributed by atoms with E-state index in [9.17, 15) is 9.59 Å². The van der Waals surface area contributed by atoms with E-state index < -0.39 is 11.5 Å². The summed E-state index contributed by atoms with van der Waals surface area (Å²) < 4.78 is 7.34. The minimum atomic E-state index is -0.503. The van der Waals surface area contributed by atoms with Crippen LogP contribution in [-0.2, 0) is 0 Å². The van der Waals surface area contributed by atoms with Crippen LogP contribution in [0.15, 0.2) is 59.4 Å². The van der Waals surface area contributed by atoms with Gasteiger partial charge in [-0.05, 0) is 31.2 Å². The van der Waals surface area contributed by atoms with Crippen molar-refractivity contribution in [2.45, 2.75) is 6.92 Å². The zero-order chi connectivity index (χ0) is 19.7. The molecular weight excluding hydrogens is 376 g/mol. The fourth-order valence-corrected chi connectivity index (χ4v) is 3.57. The van der Waals surface area contributed by atoms with Gasteiger partial charge in [-0.2, -0.15) is 9.78 Å². The highest BCUT2D eigenvalue weighted by molar-refractivity contribution is 7.22. The Morgan fingerprint density at radius 3 is 2.61 bits per heavy atom. The molecule has 0 fully saturated rings. The summed E-state index contributed by atoms with van der Waals surface area (Å²) in [5, 5.41) is 7.42. The molecule has 4 rings (SSSR count). The lowest BCUT2D eigenvalue weighted by Gasteiger charge is -2.10. The number of aryl methyl sites for hydroxylation is 1. The molecule has 1 N–H and O–H groups in total. The van der Waals surface area contributed by atoms with Gasteiger partial charge in [0.15, 0.2) is 16.6 Å². The van der Waals surface area contributed by atoms with Gasteiger partial charge in [-0.3, -0.25) is 14.9 Å². The van der Waals surface area contributed by atoms with Gasteiger partial charge in [0.05, 0.1) is 29.1 Å². The van der Waals surface area contributed by atoms with Crippen LogP contribution in [0.1, 0.15) is 16.1 Å². The summed E-state index contributed by atoms with van der Waals surface area (Å²) in [6.07, 6.45) is 0. The number of hydrogen-bond acceptors (Lipinski definition) is 6. The summed E-state index contributed by atoms with van der Waals surface area (Å²) in [7, 11) is 1.39. The molecule has 0 aliphatic carbocycles. The summed E-state index contributed by atoms with van der Waals surface area (Å²) in [6, 6.07) is 16.1. The third-order valence-electron chi connectivity index (χ3n) is 4.12. The molecular formula is C20H16N4O3S. The summed E-state index contributed by atoms with van der Waals surface area (Å²) in [5.41, 5.74) is 2.03. The number of amides is 1. The number of rotatable bonds is 4. The van der Waals surface area contributed by atoms with Crippen LogP contribution >= 0.6 is 11.3 Å². The molecule has 0 saturated heterocycles. The number of thiazole rings is 1. The number of nitrogens with one attached hydrogen (secondary N) is 1. The molecule has 0 aliphatic rings. The van der Waals surface area contributed by atoms with Crippen LogP contribution < -0.4 is 15.6 Å². The van der Waals surface area contributed by atoms with Crippen LogP contribution in [0.25, 0.3) is 15.9 Å². The van der Waals surface area contributed by atoms with E-state index in [1.807, 2.05) is 43.3 Å². The minimum absolute atomic E-state index is 0.00179. The smallest absolute Gasteiger partial charge is 0.281 e. The van der Waals surface area contributed by atoms with Crippen molar-refractivity contribution in [2.24, 2.45) is 0 Å². The SMILES string of the molecule is COc1cc(=O)n(-c2ccc(C)cc2)nc1C(=O)Nc1nc2ccccc2s1. The lowest BCUT2D eigenvalue weighted by molar-refractivity contribution is 0.101. The van der Waals surface area contributed by atoms with Crippen molar-refractivity contribution in [2.75, 3.05) is 12.4 Å². The number of benzene rings is 2. The molecule has 0 bridgehead atoms. The van der Waals surface area contributed by atoms with Crippen LogP contribution in [0.5, 0.6) is 5.75 Å². The number of fused-ring (bicyclic) bond motifs is 1. The fraction of sp³-hybridized carbons (Fsp3) is 0.100. The van der Waals surface area contributed by atoms with Gasteiger partial charge in [0, 0.05) is 0 Å². The second-order valence-corrected chi connectivity index (χ2v) is 7.12. The summed E-state index contributed by atoms with van der Waals surface area (Å²) >= 11 is 1.36. The summed E-state index contributed by atoms with van der Waals surface area (Å²) in [6.45, 7) is 1.95. The number of para-hydroxylation sites is 1. The monoisotopic (exact) mass is 392 g/mol. The standard InChI is InChI=1S/C20H16N4O3S/c1-12-7-9-13(10-8-12)24-17(25)11-15(27-2)18(23-24)19(26)22-20-21-14-5-3-4-6-16(14)28-20/h3-11H,1-2H3,(H,21,22,26). The molecule has 7 nitrogen and oxygen atoms in total. The van der Waals surface area contributed by atoms with E-state index in [-0.39, 0.29) is 11.4 Å². The van der Waals surface area contributed by atoms with Crippen LogP contribution in [-0.4, -0.2) is 27.8 Å². The number of methoxy groups -OCH3 is 1. The summed E-state index contributed by atoms with van der Waals surface area (Å²) in [5.74, 6) is -0.399. The lowest BCUT2D eigenvalue weighted by Crippen LogP contribution is -2.26. The first-order chi connectivity index (χ1) is 13.5. The molecule has 0 radical (unpaired) electrons. The van der Waals surface area contributed by atoms with Crippen molar-refractivity contribution >= 4 is 32.6 Å². The maximum atomic E-state index is 12.8. The van der Waals surface area contributed by atoms with Gasteiger partial charge in [0.2, 0.25) is 0 Å². The van der Waals surface area contributed by atoms with E-state index in [2.05, 4.69) is 15.4 Å². The number of carbonyl (C=O) groups excluding carboxylic acids is 1. The zero-order valence-corrected chi connectivity index (χ0v) is 16.0. The van der Waals surface area contributed by atoms with Crippen LogP contribution in [0.4, 0.5) is 5.13 Å². The van der Waals surface area contributed by atoms with Crippen LogP contribution in [0, 0.1) is 6.92 Å². The maximum absolute atomic E-state index is 12.8. The first-order valence-corrected chi connectivity index (χ1v) is 9.29. The van der Waals surface area contributed by atoms with E-state index >= 15 is 0 Å². The van der Waals surface area contributed by atoms with Crippen molar-refractivity contribution in [1.29, 1.82) is 0 Å². The molecule has 0 spiro atoms. The molecule has 140 valence electrons. The molecule has 2 heterocycles. The molecule has 0 atom stereocenters. The van der Waals surface area contributed by atoms with Crippen LogP contribution in [0.2, 0.25) is 0 Å². The molecule has 4 aromatic rings. The number of aromatic nitrogens is 3. The zero-order valence-electron chi connectivity index (χ0n) is 15.2. The second kappa shape index (κ2) is 7.24. The van der Waals surface area contributed by atoms with Gasteiger partial charge >= 0.3 is 0 Å². The molecule has 0 aliphatic heterocycles. The predicted octanol–water partition coefficient (Wildman–Crippen LogP) is 3.41. The highest BCUT2D eigenvalue weighted by Gasteiger charge is 2.19. The Kier molecular flexibility index (Phi) is 4.62. The number of nitrogens with zero attached hydrogens (tertiary/aromatic N) is 3. The van der Waals surface area contributed by atoms with Crippen molar-refractivity contribution in [3.05, 3.63) is 76.2 Å². The van der Waals surface area contributed by atoms with Gasteiger partial charge < -0.3 is 4.74 Å². The minimum Gasteiger partial charge on any atom is -0.494 e. The first kappa shape index (κ1) is 17.9. The van der Waals surface area contributed by atoms with E-state index in [0.717, 1.165) is 15.8 Å². The Hall–Kier alpha value is -3.52. The van der Waals surface area contributed by atoms with Gasteiger partial charge in [-0.25, -0.2) is 4.98 Å². The Bertz CT molecular complexity index is 1200. The Labute approximate surface area is 164 Å². The van der Waals surface area contributed by atoms with E-state index in [4.69, 9.17) is 4.74 Å². The third-order valence-corrected chi connectivity index (χ3v) is 5.08. The molecule has 1 amide bonds. The molecule has 0 unspecified atom stereocenters. The molecule has 2 aromatic carbocycles. The number of hydrogen-bond donors (Lipinski definition) is 1. The average molecular weight is 392 g/mol. The Balaban J connectivity index is 1.72. The largest absolute Gasteiger partial charge is 0.494 e. The average Bonchev–Trinajstić information content (AvgIpc) is 3.10. The van der Waals surface area contributed by atoms with Crippen molar-refractivity contribution < 1.29 is 9.53 Å². The lowest BCUT2D eigenvalue weighted by atomic mass is 10.2. The van der Waals surface area contributed by atoms with Crippen molar-refractivity contribution in [3.63, 3.8) is 0 Å². The van der Waals surface area contributed by atoms with Crippen LogP contribution in [0.3, 0.4) is 0 Å². The predicted molar refractivity (Wildman–Crippen MR) is 109 cm³/mol. The van der Waals surface area contributed by atoms with E-state index in [1.54, 1.807) is 12.1 Å². The highest BCUT2D eigenvalue weighted by atomic mass is 32.1. The first-order valence-electron chi connectivity index (χ1n) is 8.47. The molecule has 2 aromatic heterocycles. The topological polar surface area (TPSA) is 86.1 Å². The van der Waals surface area contributed by atoms with Gasteiger partial charge in [-0.1, -0.05) is 41.2 Å². The van der Waals surface area contributed by atoms with Gasteiger partial charge in [0.1, 0.15) is 0 Å². The van der Waals surface area contributed by atoms with Crippen molar-refractivity contribution in [1.82, 2.24) is 14.8 Å². The number of anilines is 1. The fourth-order valence-electron chi connectivity index (χ4n) is 2.71. The molecule has 8 heteroatoms. The van der Waals surface area contributed by atoms with Gasteiger partial charge in [0.25, 0.3) is 11.5 Å². The number of ether oxygens (including phenoxy) is 1. The third kappa shape index (κ3) is 3.37. The normalized spacial score (nSPS) is 10.8. The number of carbonyl (C=O) groups is 1. The van der Waals surface area contributed by atoms with Crippen molar-refractivity contribution in [3.8, 4) is 11.4 Å². The Morgan fingerprint density at radius 1 is 1.14 bits per heavy atom. The quantitative estimate of drug-likeness (QED) is 0.575. The Morgan fingerprint density at radius 2 is 1.89 bits per heavy atom. The van der Waals surface area contributed by atoms with E-state index in [1.165, 1.54) is 29.2 Å².